The van der Waals surface area contributed by atoms with Crippen molar-refractivity contribution in [3.05, 3.63) is 52.6 Å². The first kappa shape index (κ1) is 14.2. The average Bonchev–Trinajstić information content (AvgIpc) is 2.45. The van der Waals surface area contributed by atoms with Crippen molar-refractivity contribution in [3.63, 3.8) is 0 Å². The maximum atomic E-state index is 11.7. The molecule has 0 spiro atoms. The highest BCUT2D eigenvalue weighted by Crippen LogP contribution is 2.08. The highest BCUT2D eigenvalue weighted by atomic mass is 16.1. The molecule has 0 aliphatic rings. The molecular weight excluding hydrogens is 254 g/mol. The lowest BCUT2D eigenvalue weighted by molar-refractivity contribution is 0.655. The molecule has 1 aromatic heterocycles. The normalized spacial score (nSPS) is 10.7. The number of nitrogens with two attached hydrogens (primary N) is 2. The molecule has 6 nitrogen and oxygen atoms in total. The number of nitrogen functional groups attached to an aromatic ring is 1. The smallest absolute Gasteiger partial charge is 0.354 e. The van der Waals surface area contributed by atoms with E-state index in [1.165, 1.54) is 4.57 Å². The summed E-state index contributed by atoms with van der Waals surface area (Å²) in [5, 5.41) is 3.30. The summed E-state index contributed by atoms with van der Waals surface area (Å²) in [6, 6.07) is 9.34. The summed E-state index contributed by atoms with van der Waals surface area (Å²) in [6.45, 7) is 2.38. The summed E-state index contributed by atoms with van der Waals surface area (Å²) in [6.07, 6.45) is 2.59. The SMILES string of the molecule is NCCCNCc1ccc(-n2ccc(N)nc2=O)cc1. The molecule has 0 aliphatic carbocycles. The third kappa shape index (κ3) is 3.66. The quantitative estimate of drug-likeness (QED) is 0.655. The largest absolute Gasteiger partial charge is 0.383 e. The molecule has 0 fully saturated rings. The Morgan fingerprint density at radius 3 is 2.60 bits per heavy atom. The van der Waals surface area contributed by atoms with Crippen LogP contribution >= 0.6 is 0 Å². The molecule has 1 heterocycles. The standard InChI is InChI=1S/C14H19N5O/c15-7-1-8-17-10-11-2-4-12(5-3-11)19-9-6-13(16)18-14(19)20/h2-6,9,17H,1,7-8,10,15H2,(H2,16,18,20). The van der Waals surface area contributed by atoms with Crippen molar-refractivity contribution >= 4 is 5.82 Å². The van der Waals surface area contributed by atoms with Crippen LogP contribution in [0.4, 0.5) is 5.82 Å². The number of anilines is 1. The lowest BCUT2D eigenvalue weighted by atomic mass is 10.2. The highest BCUT2D eigenvalue weighted by Gasteiger charge is 2.01. The predicted octanol–water partition coefficient (Wildman–Crippen LogP) is 0.253. The maximum absolute atomic E-state index is 11.7. The minimum absolute atomic E-state index is 0.229. The van der Waals surface area contributed by atoms with Gasteiger partial charge in [0.05, 0.1) is 5.69 Å². The van der Waals surface area contributed by atoms with Gasteiger partial charge in [0.25, 0.3) is 0 Å². The first-order chi connectivity index (χ1) is 9.70. The van der Waals surface area contributed by atoms with Gasteiger partial charge in [-0.05, 0) is 43.3 Å². The van der Waals surface area contributed by atoms with E-state index in [4.69, 9.17) is 11.5 Å². The topological polar surface area (TPSA) is 99.0 Å². The van der Waals surface area contributed by atoms with Gasteiger partial charge in [-0.1, -0.05) is 12.1 Å². The summed E-state index contributed by atoms with van der Waals surface area (Å²) < 4.78 is 1.46. The van der Waals surface area contributed by atoms with Crippen LogP contribution < -0.4 is 22.5 Å². The molecule has 0 amide bonds. The maximum Gasteiger partial charge on any atom is 0.354 e. The Kier molecular flexibility index (Phi) is 4.86. The second-order valence-corrected chi connectivity index (χ2v) is 4.49. The van der Waals surface area contributed by atoms with E-state index in [1.54, 1.807) is 12.3 Å². The number of nitrogens with zero attached hydrogens (tertiary/aromatic N) is 2. The van der Waals surface area contributed by atoms with Crippen molar-refractivity contribution in [3.8, 4) is 5.69 Å². The summed E-state index contributed by atoms with van der Waals surface area (Å²) in [7, 11) is 0. The van der Waals surface area contributed by atoms with Gasteiger partial charge in [0.15, 0.2) is 0 Å². The Balaban J connectivity index is 2.06. The Morgan fingerprint density at radius 1 is 1.20 bits per heavy atom. The zero-order valence-electron chi connectivity index (χ0n) is 11.2. The van der Waals surface area contributed by atoms with Gasteiger partial charge in [0, 0.05) is 12.7 Å². The van der Waals surface area contributed by atoms with Gasteiger partial charge in [0.2, 0.25) is 0 Å². The first-order valence-corrected chi connectivity index (χ1v) is 6.56. The van der Waals surface area contributed by atoms with Crippen LogP contribution in [0.15, 0.2) is 41.3 Å². The van der Waals surface area contributed by atoms with Crippen molar-refractivity contribution in [1.82, 2.24) is 14.9 Å². The fourth-order valence-corrected chi connectivity index (χ4v) is 1.85. The van der Waals surface area contributed by atoms with Crippen molar-refractivity contribution in [2.75, 3.05) is 18.8 Å². The number of rotatable bonds is 6. The monoisotopic (exact) mass is 273 g/mol. The number of hydrogen-bond acceptors (Lipinski definition) is 5. The fraction of sp³-hybridized carbons (Fsp3) is 0.286. The van der Waals surface area contributed by atoms with E-state index in [9.17, 15) is 4.79 Å². The summed E-state index contributed by atoms with van der Waals surface area (Å²) >= 11 is 0. The zero-order valence-corrected chi connectivity index (χ0v) is 11.2. The van der Waals surface area contributed by atoms with E-state index in [0.717, 1.165) is 30.8 Å². The van der Waals surface area contributed by atoms with Crippen LogP contribution in [-0.4, -0.2) is 22.6 Å². The molecular formula is C14H19N5O. The molecule has 0 unspecified atom stereocenters. The van der Waals surface area contributed by atoms with E-state index in [-0.39, 0.29) is 11.5 Å². The van der Waals surface area contributed by atoms with Crippen LogP contribution in [0.5, 0.6) is 0 Å². The van der Waals surface area contributed by atoms with E-state index < -0.39 is 0 Å². The number of benzene rings is 1. The van der Waals surface area contributed by atoms with Gasteiger partial charge in [0.1, 0.15) is 5.82 Å². The van der Waals surface area contributed by atoms with Gasteiger partial charge in [-0.25, -0.2) is 4.79 Å². The van der Waals surface area contributed by atoms with Crippen molar-refractivity contribution < 1.29 is 0 Å². The van der Waals surface area contributed by atoms with Crippen LogP contribution in [-0.2, 0) is 6.54 Å². The Hall–Kier alpha value is -2.18. The van der Waals surface area contributed by atoms with Gasteiger partial charge in [-0.15, -0.1) is 0 Å². The number of hydrogen-bond donors (Lipinski definition) is 3. The molecule has 0 aliphatic heterocycles. The fourth-order valence-electron chi connectivity index (χ4n) is 1.85. The molecule has 1 aromatic carbocycles. The minimum atomic E-state index is -0.376. The Morgan fingerprint density at radius 2 is 1.95 bits per heavy atom. The van der Waals surface area contributed by atoms with Crippen molar-refractivity contribution in [2.45, 2.75) is 13.0 Å². The molecule has 0 atom stereocenters. The molecule has 6 heteroatoms. The molecule has 0 saturated carbocycles. The van der Waals surface area contributed by atoms with Gasteiger partial charge >= 0.3 is 5.69 Å². The summed E-state index contributed by atoms with van der Waals surface area (Å²) in [5.74, 6) is 0.229. The van der Waals surface area contributed by atoms with E-state index in [2.05, 4.69) is 10.3 Å². The lowest BCUT2D eigenvalue weighted by Crippen LogP contribution is -2.21. The second kappa shape index (κ2) is 6.83. The van der Waals surface area contributed by atoms with Gasteiger partial charge < -0.3 is 16.8 Å². The van der Waals surface area contributed by atoms with Crippen LogP contribution in [0.3, 0.4) is 0 Å². The van der Waals surface area contributed by atoms with E-state index in [0.29, 0.717) is 6.54 Å². The molecule has 20 heavy (non-hydrogen) atoms. The van der Waals surface area contributed by atoms with Crippen molar-refractivity contribution in [1.29, 1.82) is 0 Å². The predicted molar refractivity (Wildman–Crippen MR) is 79.6 cm³/mol. The molecule has 0 bridgehead atoms. The van der Waals surface area contributed by atoms with Gasteiger partial charge in [-0.3, -0.25) is 4.57 Å². The molecule has 0 radical (unpaired) electrons. The molecule has 2 aromatic rings. The van der Waals surface area contributed by atoms with Crippen LogP contribution in [0.1, 0.15) is 12.0 Å². The molecule has 106 valence electrons. The van der Waals surface area contributed by atoms with Crippen LogP contribution in [0.25, 0.3) is 5.69 Å². The highest BCUT2D eigenvalue weighted by molar-refractivity contribution is 5.36. The number of nitrogens with one attached hydrogen (secondary N) is 1. The third-order valence-electron chi connectivity index (χ3n) is 2.93. The Labute approximate surface area is 117 Å². The molecule has 5 N–H and O–H groups in total. The zero-order chi connectivity index (χ0) is 14.4. The lowest BCUT2D eigenvalue weighted by Gasteiger charge is -2.07. The van der Waals surface area contributed by atoms with Crippen LogP contribution in [0, 0.1) is 0 Å². The Bertz CT molecular complexity index is 606. The van der Waals surface area contributed by atoms with E-state index in [1.807, 2.05) is 24.3 Å². The van der Waals surface area contributed by atoms with Crippen LogP contribution in [0.2, 0.25) is 0 Å². The average molecular weight is 273 g/mol. The third-order valence-corrected chi connectivity index (χ3v) is 2.93. The summed E-state index contributed by atoms with van der Waals surface area (Å²) in [5.41, 5.74) is 12.4. The number of aromatic nitrogens is 2. The minimum Gasteiger partial charge on any atom is -0.383 e. The summed E-state index contributed by atoms with van der Waals surface area (Å²) in [4.78, 5) is 15.4. The molecule has 2 rings (SSSR count). The van der Waals surface area contributed by atoms with Crippen molar-refractivity contribution in [2.24, 2.45) is 5.73 Å². The van der Waals surface area contributed by atoms with Gasteiger partial charge in [-0.2, -0.15) is 4.98 Å². The van der Waals surface area contributed by atoms with E-state index >= 15 is 0 Å². The molecule has 0 saturated heterocycles. The first-order valence-electron chi connectivity index (χ1n) is 6.56. The second-order valence-electron chi connectivity index (χ2n) is 4.49.